The van der Waals surface area contributed by atoms with Crippen molar-refractivity contribution in [3.8, 4) is 5.75 Å². The summed E-state index contributed by atoms with van der Waals surface area (Å²) in [6, 6.07) is 4.29. The van der Waals surface area contributed by atoms with Crippen molar-refractivity contribution in [3.63, 3.8) is 0 Å². The molecule has 1 heterocycles. The Hall–Kier alpha value is -1.23. The fourth-order valence-corrected chi connectivity index (χ4v) is 1.92. The van der Waals surface area contributed by atoms with Gasteiger partial charge in [-0.05, 0) is 39.7 Å². The van der Waals surface area contributed by atoms with Crippen LogP contribution in [0.25, 0.3) is 10.8 Å². The Morgan fingerprint density at radius 3 is 2.50 bits per heavy atom. The zero-order valence-corrected chi connectivity index (χ0v) is 7.65. The van der Waals surface area contributed by atoms with E-state index in [1.165, 1.54) is 23.5 Å². The molecule has 14 heavy (non-hydrogen) atoms. The predicted molar refractivity (Wildman–Crippen MR) is 48.5 cm³/mol. The molecule has 0 saturated carbocycles. The maximum absolute atomic E-state index is 11.8. The van der Waals surface area contributed by atoms with Crippen molar-refractivity contribution in [2.75, 3.05) is 0 Å². The second-order valence-electron chi connectivity index (χ2n) is 2.71. The van der Waals surface area contributed by atoms with E-state index >= 15 is 0 Å². The number of benzene rings is 1. The third kappa shape index (κ3) is 1.98. The third-order valence-electron chi connectivity index (χ3n) is 1.68. The molecular weight excluding hydrogens is 213 g/mol. The summed E-state index contributed by atoms with van der Waals surface area (Å²) < 4.78 is 39.3. The molecule has 0 aliphatic carbocycles. The fourth-order valence-electron chi connectivity index (χ4n) is 1.14. The van der Waals surface area contributed by atoms with Crippen LogP contribution >= 0.6 is 11.3 Å². The lowest BCUT2D eigenvalue weighted by atomic mass is 10.2. The van der Waals surface area contributed by atoms with Gasteiger partial charge < -0.3 is 4.74 Å². The van der Waals surface area contributed by atoms with Crippen LogP contribution in [0.4, 0.5) is 13.2 Å². The second-order valence-corrected chi connectivity index (χ2v) is 3.45. The molecule has 0 radical (unpaired) electrons. The Balaban J connectivity index is 2.35. The molecule has 0 atom stereocenters. The Bertz CT molecular complexity index is 446. The lowest BCUT2D eigenvalue weighted by Crippen LogP contribution is -2.16. The summed E-state index contributed by atoms with van der Waals surface area (Å²) in [5.74, 6) is -0.177. The number of hydrogen-bond acceptors (Lipinski definition) is 2. The van der Waals surface area contributed by atoms with Crippen molar-refractivity contribution < 1.29 is 17.9 Å². The number of alkyl halides is 3. The minimum atomic E-state index is -4.62. The summed E-state index contributed by atoms with van der Waals surface area (Å²) in [5, 5.41) is 5.33. The zero-order valence-electron chi connectivity index (χ0n) is 6.84. The summed E-state index contributed by atoms with van der Waals surface area (Å²) in [6.45, 7) is 0. The smallest absolute Gasteiger partial charge is 0.406 e. The molecule has 74 valence electrons. The Labute approximate surface area is 81.7 Å². The molecule has 1 nitrogen and oxygen atoms in total. The predicted octanol–water partition coefficient (Wildman–Crippen LogP) is 3.80. The van der Waals surface area contributed by atoms with Crippen molar-refractivity contribution in [1.29, 1.82) is 0 Å². The average molecular weight is 218 g/mol. The molecule has 2 aromatic rings. The zero-order chi connectivity index (χ0) is 10.2. The Morgan fingerprint density at radius 1 is 1.07 bits per heavy atom. The van der Waals surface area contributed by atoms with E-state index in [1.54, 1.807) is 11.4 Å². The van der Waals surface area contributed by atoms with Gasteiger partial charge in [0.15, 0.2) is 0 Å². The van der Waals surface area contributed by atoms with E-state index in [0.717, 1.165) is 10.8 Å². The molecular formula is C9H5F3OS. The highest BCUT2D eigenvalue weighted by Crippen LogP contribution is 2.27. The summed E-state index contributed by atoms with van der Waals surface area (Å²) in [7, 11) is 0. The molecule has 0 N–H and O–H groups in total. The standard InChI is InChI=1S/C9H5F3OS/c10-9(11,12)13-8-2-1-6-4-14-5-7(6)3-8/h1-5H. The van der Waals surface area contributed by atoms with E-state index in [-0.39, 0.29) is 5.75 Å². The van der Waals surface area contributed by atoms with Gasteiger partial charge in [-0.15, -0.1) is 13.2 Å². The highest BCUT2D eigenvalue weighted by Gasteiger charge is 2.31. The number of hydrogen-bond donors (Lipinski definition) is 0. The van der Waals surface area contributed by atoms with Crippen molar-refractivity contribution in [2.45, 2.75) is 6.36 Å². The molecule has 0 aliphatic rings. The van der Waals surface area contributed by atoms with Crippen LogP contribution in [0.5, 0.6) is 5.75 Å². The van der Waals surface area contributed by atoms with Crippen LogP contribution in [0, 0.1) is 0 Å². The first-order chi connectivity index (χ1) is 6.54. The van der Waals surface area contributed by atoms with Crippen molar-refractivity contribution in [3.05, 3.63) is 29.0 Å². The van der Waals surface area contributed by atoms with Crippen LogP contribution in [0.2, 0.25) is 0 Å². The molecule has 0 unspecified atom stereocenters. The number of thiophene rings is 1. The van der Waals surface area contributed by atoms with Crippen LogP contribution in [0.3, 0.4) is 0 Å². The minimum absolute atomic E-state index is 0.177. The van der Waals surface area contributed by atoms with Gasteiger partial charge >= 0.3 is 6.36 Å². The molecule has 0 amide bonds. The summed E-state index contributed by atoms with van der Waals surface area (Å²) in [5.41, 5.74) is 0. The van der Waals surface area contributed by atoms with Crippen LogP contribution in [-0.2, 0) is 0 Å². The molecule has 1 aromatic heterocycles. The highest BCUT2D eigenvalue weighted by atomic mass is 32.1. The number of halogens is 3. The number of ether oxygens (including phenoxy) is 1. The van der Waals surface area contributed by atoms with Gasteiger partial charge in [-0.1, -0.05) is 0 Å². The van der Waals surface area contributed by atoms with E-state index in [4.69, 9.17) is 0 Å². The van der Waals surface area contributed by atoms with Gasteiger partial charge in [0.2, 0.25) is 0 Å². The van der Waals surface area contributed by atoms with Gasteiger partial charge in [0.25, 0.3) is 0 Å². The van der Waals surface area contributed by atoms with Crippen LogP contribution in [0.1, 0.15) is 0 Å². The maximum Gasteiger partial charge on any atom is 0.573 e. The first kappa shape index (κ1) is 9.33. The second kappa shape index (κ2) is 3.16. The van der Waals surface area contributed by atoms with E-state index in [1.807, 2.05) is 5.38 Å². The quantitative estimate of drug-likeness (QED) is 0.707. The van der Waals surface area contributed by atoms with Gasteiger partial charge in [-0.2, -0.15) is 11.3 Å². The maximum atomic E-state index is 11.8. The molecule has 0 aliphatic heterocycles. The first-order valence-electron chi connectivity index (χ1n) is 3.76. The van der Waals surface area contributed by atoms with Gasteiger partial charge in [-0.25, -0.2) is 0 Å². The average Bonchev–Trinajstić information content (AvgIpc) is 2.47. The third-order valence-corrected chi connectivity index (χ3v) is 2.46. The minimum Gasteiger partial charge on any atom is -0.406 e. The summed E-state index contributed by atoms with van der Waals surface area (Å²) in [6.07, 6.45) is -4.62. The molecule has 0 bridgehead atoms. The van der Waals surface area contributed by atoms with Crippen molar-refractivity contribution >= 4 is 22.1 Å². The van der Waals surface area contributed by atoms with Crippen molar-refractivity contribution in [1.82, 2.24) is 0 Å². The molecule has 0 spiro atoms. The molecule has 0 fully saturated rings. The van der Waals surface area contributed by atoms with E-state index in [9.17, 15) is 13.2 Å². The van der Waals surface area contributed by atoms with Gasteiger partial charge in [0.05, 0.1) is 0 Å². The number of rotatable bonds is 1. The SMILES string of the molecule is FC(F)(F)Oc1ccc2cscc2c1. The summed E-state index contributed by atoms with van der Waals surface area (Å²) >= 11 is 1.44. The lowest BCUT2D eigenvalue weighted by Gasteiger charge is -2.08. The monoisotopic (exact) mass is 218 g/mol. The Kier molecular flexibility index (Phi) is 2.11. The normalized spacial score (nSPS) is 11.9. The van der Waals surface area contributed by atoms with Gasteiger partial charge in [0, 0.05) is 0 Å². The van der Waals surface area contributed by atoms with Crippen LogP contribution < -0.4 is 4.74 Å². The topological polar surface area (TPSA) is 9.23 Å². The van der Waals surface area contributed by atoms with Crippen LogP contribution in [0.15, 0.2) is 29.0 Å². The van der Waals surface area contributed by atoms with Crippen LogP contribution in [-0.4, -0.2) is 6.36 Å². The van der Waals surface area contributed by atoms with E-state index in [2.05, 4.69) is 4.74 Å². The lowest BCUT2D eigenvalue weighted by molar-refractivity contribution is -0.274. The highest BCUT2D eigenvalue weighted by molar-refractivity contribution is 7.09. The van der Waals surface area contributed by atoms with E-state index in [0.29, 0.717) is 0 Å². The molecule has 5 heteroatoms. The Morgan fingerprint density at radius 2 is 1.79 bits per heavy atom. The van der Waals surface area contributed by atoms with E-state index < -0.39 is 6.36 Å². The van der Waals surface area contributed by atoms with Crippen molar-refractivity contribution in [2.24, 2.45) is 0 Å². The molecule has 2 rings (SSSR count). The summed E-state index contributed by atoms with van der Waals surface area (Å²) in [4.78, 5) is 0. The molecule has 0 saturated heterocycles. The number of fused-ring (bicyclic) bond motifs is 1. The fraction of sp³-hybridized carbons (Fsp3) is 0.111. The largest absolute Gasteiger partial charge is 0.573 e. The van der Waals surface area contributed by atoms with Gasteiger partial charge in [-0.3, -0.25) is 0 Å². The van der Waals surface area contributed by atoms with Gasteiger partial charge in [0.1, 0.15) is 5.75 Å². The molecule has 1 aromatic carbocycles. The first-order valence-corrected chi connectivity index (χ1v) is 4.70.